The number of H-pyrrole nitrogens is 1. The van der Waals surface area contributed by atoms with Crippen molar-refractivity contribution in [3.05, 3.63) is 11.4 Å². The van der Waals surface area contributed by atoms with E-state index in [9.17, 15) is 8.42 Å². The summed E-state index contributed by atoms with van der Waals surface area (Å²) in [7, 11) is -3.20. The van der Waals surface area contributed by atoms with Gasteiger partial charge in [0.05, 0.1) is 22.8 Å². The van der Waals surface area contributed by atoms with Crippen molar-refractivity contribution in [1.82, 2.24) is 10.2 Å². The lowest BCUT2D eigenvalue weighted by Crippen LogP contribution is -2.18. The lowest BCUT2D eigenvalue weighted by molar-refractivity contribution is 0.597. The molecule has 0 saturated heterocycles. The minimum atomic E-state index is -3.20. The van der Waals surface area contributed by atoms with E-state index in [2.05, 4.69) is 14.9 Å². The average Bonchev–Trinajstić information content (AvgIpc) is 2.87. The van der Waals surface area contributed by atoms with Gasteiger partial charge in [0.2, 0.25) is 10.0 Å². The van der Waals surface area contributed by atoms with E-state index in [1.54, 1.807) is 13.8 Å². The molecule has 0 unspecified atom stereocenters. The molecule has 1 aromatic heterocycles. The Morgan fingerprint density at radius 2 is 2.13 bits per heavy atom. The summed E-state index contributed by atoms with van der Waals surface area (Å²) in [6, 6.07) is 0. The molecule has 1 saturated carbocycles. The monoisotopic (exact) mass is 229 g/mol. The number of hydrogen-bond acceptors (Lipinski definition) is 3. The maximum Gasteiger partial charge on any atom is 0.233 e. The second-order valence-electron chi connectivity index (χ2n) is 4.14. The maximum atomic E-state index is 11.7. The molecule has 0 amide bonds. The van der Waals surface area contributed by atoms with Crippen LogP contribution in [0.4, 0.5) is 5.69 Å². The second-order valence-corrected chi connectivity index (χ2v) is 5.90. The zero-order valence-corrected chi connectivity index (χ0v) is 9.69. The van der Waals surface area contributed by atoms with Crippen molar-refractivity contribution in [2.24, 2.45) is 5.92 Å². The molecule has 1 aliphatic rings. The predicted molar refractivity (Wildman–Crippen MR) is 58.2 cm³/mol. The summed E-state index contributed by atoms with van der Waals surface area (Å²) in [5.74, 6) is 0.590. The Bertz CT molecular complexity index is 440. The van der Waals surface area contributed by atoms with Gasteiger partial charge in [0, 0.05) is 0 Å². The smallest absolute Gasteiger partial charge is 0.233 e. The maximum absolute atomic E-state index is 11.7. The van der Waals surface area contributed by atoms with Crippen LogP contribution in [0.2, 0.25) is 0 Å². The third kappa shape index (κ3) is 2.50. The molecule has 15 heavy (non-hydrogen) atoms. The van der Waals surface area contributed by atoms with Crippen molar-refractivity contribution < 1.29 is 8.42 Å². The number of aryl methyl sites for hydroxylation is 2. The largest absolute Gasteiger partial charge is 0.280 e. The fourth-order valence-corrected chi connectivity index (χ4v) is 3.14. The first kappa shape index (κ1) is 10.5. The summed E-state index contributed by atoms with van der Waals surface area (Å²) in [5.41, 5.74) is 2.04. The van der Waals surface area contributed by atoms with Crippen LogP contribution < -0.4 is 4.72 Å². The van der Waals surface area contributed by atoms with Gasteiger partial charge < -0.3 is 0 Å². The minimum absolute atomic E-state index is 0.233. The van der Waals surface area contributed by atoms with Crippen LogP contribution in [0.5, 0.6) is 0 Å². The molecule has 1 heterocycles. The molecule has 84 valence electrons. The summed E-state index contributed by atoms with van der Waals surface area (Å²) in [4.78, 5) is 0. The van der Waals surface area contributed by atoms with Gasteiger partial charge in [-0.2, -0.15) is 5.10 Å². The molecule has 0 spiro atoms. The summed E-state index contributed by atoms with van der Waals surface area (Å²) in [6.07, 6.45) is 2.06. The third-order valence-electron chi connectivity index (χ3n) is 2.54. The Labute approximate surface area is 89.3 Å². The standard InChI is InChI=1S/C9H15N3O2S/c1-6-9(7(2)11-10-6)12-15(13,14)5-8-3-4-8/h8,12H,3-5H2,1-2H3,(H,10,11). The summed E-state index contributed by atoms with van der Waals surface area (Å²) in [6.45, 7) is 3.58. The van der Waals surface area contributed by atoms with Crippen LogP contribution in [0.25, 0.3) is 0 Å². The molecule has 6 heteroatoms. The predicted octanol–water partition coefficient (Wildman–Crippen LogP) is 1.18. The van der Waals surface area contributed by atoms with E-state index in [1.807, 2.05) is 0 Å². The van der Waals surface area contributed by atoms with E-state index in [0.29, 0.717) is 17.3 Å². The minimum Gasteiger partial charge on any atom is -0.280 e. The van der Waals surface area contributed by atoms with Crippen LogP contribution >= 0.6 is 0 Å². The molecule has 2 N–H and O–H groups in total. The highest BCUT2D eigenvalue weighted by Gasteiger charge is 2.28. The Morgan fingerprint density at radius 3 is 2.60 bits per heavy atom. The Balaban J connectivity index is 2.13. The molecule has 2 rings (SSSR count). The zero-order valence-electron chi connectivity index (χ0n) is 8.87. The number of hydrogen-bond donors (Lipinski definition) is 2. The van der Waals surface area contributed by atoms with Gasteiger partial charge in [-0.25, -0.2) is 8.42 Å². The number of nitrogens with zero attached hydrogens (tertiary/aromatic N) is 1. The van der Waals surface area contributed by atoms with Crippen LogP contribution in [-0.4, -0.2) is 24.4 Å². The Hall–Kier alpha value is -1.04. The Kier molecular flexibility index (Phi) is 2.46. The van der Waals surface area contributed by atoms with Gasteiger partial charge in [0.15, 0.2) is 0 Å². The van der Waals surface area contributed by atoms with Crippen molar-refractivity contribution in [2.45, 2.75) is 26.7 Å². The van der Waals surface area contributed by atoms with Crippen LogP contribution in [0.1, 0.15) is 24.2 Å². The molecule has 1 aliphatic carbocycles. The normalized spacial score (nSPS) is 16.7. The van der Waals surface area contributed by atoms with Crippen LogP contribution in [-0.2, 0) is 10.0 Å². The summed E-state index contributed by atoms with van der Waals surface area (Å²) >= 11 is 0. The molecule has 1 fully saturated rings. The van der Waals surface area contributed by atoms with Gasteiger partial charge in [0.25, 0.3) is 0 Å². The van der Waals surface area contributed by atoms with Crippen molar-refractivity contribution in [3.8, 4) is 0 Å². The van der Waals surface area contributed by atoms with Gasteiger partial charge in [-0.3, -0.25) is 9.82 Å². The second kappa shape index (κ2) is 3.52. The van der Waals surface area contributed by atoms with E-state index < -0.39 is 10.0 Å². The van der Waals surface area contributed by atoms with Gasteiger partial charge in [0.1, 0.15) is 0 Å². The lowest BCUT2D eigenvalue weighted by Gasteiger charge is -2.06. The van der Waals surface area contributed by atoms with E-state index in [4.69, 9.17) is 0 Å². The first-order valence-corrected chi connectivity index (χ1v) is 6.65. The van der Waals surface area contributed by atoms with E-state index in [-0.39, 0.29) is 5.75 Å². The van der Waals surface area contributed by atoms with Gasteiger partial charge in [-0.05, 0) is 32.6 Å². The number of sulfonamides is 1. The highest BCUT2D eigenvalue weighted by atomic mass is 32.2. The van der Waals surface area contributed by atoms with Crippen LogP contribution in [0.3, 0.4) is 0 Å². The van der Waals surface area contributed by atoms with Crippen molar-refractivity contribution in [3.63, 3.8) is 0 Å². The number of aromatic amines is 1. The quantitative estimate of drug-likeness (QED) is 0.814. The summed E-state index contributed by atoms with van der Waals surface area (Å²) < 4.78 is 26.0. The molecule has 0 aromatic carbocycles. The van der Waals surface area contributed by atoms with Crippen molar-refractivity contribution in [1.29, 1.82) is 0 Å². The molecule has 0 radical (unpaired) electrons. The molecule has 5 nitrogen and oxygen atoms in total. The first-order valence-electron chi connectivity index (χ1n) is 5.00. The molecule has 0 aliphatic heterocycles. The fraction of sp³-hybridized carbons (Fsp3) is 0.667. The highest BCUT2D eigenvalue weighted by Crippen LogP contribution is 2.31. The molecular weight excluding hydrogens is 214 g/mol. The van der Waals surface area contributed by atoms with E-state index >= 15 is 0 Å². The molecule has 0 atom stereocenters. The average molecular weight is 229 g/mol. The van der Waals surface area contributed by atoms with Gasteiger partial charge in [-0.1, -0.05) is 0 Å². The van der Waals surface area contributed by atoms with Gasteiger partial charge in [-0.15, -0.1) is 0 Å². The number of rotatable bonds is 4. The topological polar surface area (TPSA) is 74.8 Å². The zero-order chi connectivity index (χ0) is 11.1. The molecule has 1 aromatic rings. The lowest BCUT2D eigenvalue weighted by atomic mass is 10.3. The molecular formula is C9H15N3O2S. The van der Waals surface area contributed by atoms with E-state index in [1.165, 1.54) is 0 Å². The Morgan fingerprint density at radius 1 is 1.47 bits per heavy atom. The van der Waals surface area contributed by atoms with E-state index in [0.717, 1.165) is 18.5 Å². The van der Waals surface area contributed by atoms with Crippen LogP contribution in [0.15, 0.2) is 0 Å². The number of anilines is 1. The van der Waals surface area contributed by atoms with Crippen molar-refractivity contribution >= 4 is 15.7 Å². The summed E-state index contributed by atoms with van der Waals surface area (Å²) in [5, 5.41) is 6.69. The van der Waals surface area contributed by atoms with Crippen LogP contribution in [0, 0.1) is 19.8 Å². The van der Waals surface area contributed by atoms with Crippen molar-refractivity contribution in [2.75, 3.05) is 10.5 Å². The highest BCUT2D eigenvalue weighted by molar-refractivity contribution is 7.92. The number of aromatic nitrogens is 2. The van der Waals surface area contributed by atoms with Gasteiger partial charge >= 0.3 is 0 Å². The number of nitrogens with one attached hydrogen (secondary N) is 2. The first-order chi connectivity index (χ1) is 6.98. The SMILES string of the molecule is Cc1n[nH]c(C)c1NS(=O)(=O)CC1CC1. The third-order valence-corrected chi connectivity index (χ3v) is 3.96. The molecule has 0 bridgehead atoms. The fourth-order valence-electron chi connectivity index (χ4n) is 1.49.